The lowest BCUT2D eigenvalue weighted by Gasteiger charge is -2.22. The molecule has 1 fully saturated rings. The third kappa shape index (κ3) is 3.05. The lowest BCUT2D eigenvalue weighted by molar-refractivity contribution is 0.408. The van der Waals surface area contributed by atoms with E-state index in [9.17, 15) is 8.42 Å². The van der Waals surface area contributed by atoms with E-state index in [-0.39, 0.29) is 6.04 Å². The minimum Gasteiger partial charge on any atom is -0.313 e. The minimum absolute atomic E-state index is 0.108. The number of sulfonamides is 1. The van der Waals surface area contributed by atoms with Crippen LogP contribution in [0.2, 0.25) is 0 Å². The zero-order chi connectivity index (χ0) is 14.8. The zero-order valence-electron chi connectivity index (χ0n) is 12.5. The number of benzene rings is 1. The van der Waals surface area contributed by atoms with Crippen LogP contribution in [0.5, 0.6) is 0 Å². The molecule has 1 heterocycles. The molecule has 0 radical (unpaired) electrons. The summed E-state index contributed by atoms with van der Waals surface area (Å²) >= 11 is 0. The quantitative estimate of drug-likeness (QED) is 0.907. The summed E-state index contributed by atoms with van der Waals surface area (Å²) in [7, 11) is -3.36. The van der Waals surface area contributed by atoms with Crippen LogP contribution in [0.4, 0.5) is 0 Å². The Morgan fingerprint density at radius 1 is 1.40 bits per heavy atom. The van der Waals surface area contributed by atoms with Crippen LogP contribution in [-0.2, 0) is 16.6 Å². The number of nitrogens with one attached hydrogen (secondary N) is 1. The third-order valence-corrected chi connectivity index (χ3v) is 6.07. The van der Waals surface area contributed by atoms with Crippen LogP contribution in [-0.4, -0.2) is 31.9 Å². The molecular weight excluding hydrogens is 272 g/mol. The van der Waals surface area contributed by atoms with Gasteiger partial charge in [0.05, 0.1) is 4.90 Å². The van der Waals surface area contributed by atoms with Crippen molar-refractivity contribution in [1.29, 1.82) is 0 Å². The average Bonchev–Trinajstić information content (AvgIpc) is 2.84. The van der Waals surface area contributed by atoms with Crippen molar-refractivity contribution in [3.05, 3.63) is 29.3 Å². The van der Waals surface area contributed by atoms with E-state index in [0.717, 1.165) is 30.5 Å². The highest BCUT2D eigenvalue weighted by molar-refractivity contribution is 7.89. The topological polar surface area (TPSA) is 49.4 Å². The number of nitrogens with zero attached hydrogens (tertiary/aromatic N) is 1. The van der Waals surface area contributed by atoms with Crippen molar-refractivity contribution in [2.45, 2.75) is 51.1 Å². The second-order valence-electron chi connectivity index (χ2n) is 5.49. The van der Waals surface area contributed by atoms with Crippen molar-refractivity contribution in [1.82, 2.24) is 9.62 Å². The highest BCUT2D eigenvalue weighted by Crippen LogP contribution is 2.28. The largest absolute Gasteiger partial charge is 0.313 e. The number of aryl methyl sites for hydroxylation is 1. The maximum atomic E-state index is 12.8. The van der Waals surface area contributed by atoms with Gasteiger partial charge in [-0.2, -0.15) is 4.31 Å². The Labute approximate surface area is 122 Å². The van der Waals surface area contributed by atoms with Gasteiger partial charge < -0.3 is 5.32 Å². The molecule has 1 saturated heterocycles. The molecule has 0 spiro atoms. The lowest BCUT2D eigenvalue weighted by atomic mass is 10.1. The summed E-state index contributed by atoms with van der Waals surface area (Å²) in [4.78, 5) is 0.460. The van der Waals surface area contributed by atoms with Crippen LogP contribution in [0, 0.1) is 6.92 Å². The van der Waals surface area contributed by atoms with Crippen molar-refractivity contribution in [3.63, 3.8) is 0 Å². The Morgan fingerprint density at radius 3 is 2.75 bits per heavy atom. The van der Waals surface area contributed by atoms with Crippen LogP contribution in [0.15, 0.2) is 23.1 Å². The highest BCUT2D eigenvalue weighted by Gasteiger charge is 2.33. The molecule has 4 nitrogen and oxygen atoms in total. The summed E-state index contributed by atoms with van der Waals surface area (Å²) in [6, 6.07) is 5.82. The summed E-state index contributed by atoms with van der Waals surface area (Å²) in [6.45, 7) is 8.11. The van der Waals surface area contributed by atoms with Gasteiger partial charge in [-0.1, -0.05) is 19.1 Å². The fourth-order valence-electron chi connectivity index (χ4n) is 2.69. The van der Waals surface area contributed by atoms with Crippen molar-refractivity contribution >= 4 is 10.0 Å². The van der Waals surface area contributed by atoms with E-state index in [4.69, 9.17) is 0 Å². The van der Waals surface area contributed by atoms with E-state index < -0.39 is 10.0 Å². The van der Waals surface area contributed by atoms with Gasteiger partial charge in [0.25, 0.3) is 0 Å². The molecule has 1 unspecified atom stereocenters. The first-order chi connectivity index (χ1) is 9.46. The number of rotatable bonds is 5. The van der Waals surface area contributed by atoms with Crippen molar-refractivity contribution in [2.24, 2.45) is 0 Å². The Morgan fingerprint density at radius 2 is 2.15 bits per heavy atom. The SMILES string of the molecule is CCNCc1ccc(C)c(S(=O)(=O)N2CCCC2C)c1. The molecule has 2 rings (SSSR count). The smallest absolute Gasteiger partial charge is 0.243 e. The Bertz CT molecular complexity index is 569. The predicted molar refractivity (Wildman–Crippen MR) is 81.1 cm³/mol. The van der Waals surface area contributed by atoms with E-state index >= 15 is 0 Å². The monoisotopic (exact) mass is 296 g/mol. The molecule has 112 valence electrons. The molecule has 1 aromatic carbocycles. The minimum atomic E-state index is -3.36. The Kier molecular flexibility index (Phi) is 4.83. The van der Waals surface area contributed by atoms with Crippen molar-refractivity contribution < 1.29 is 8.42 Å². The van der Waals surface area contributed by atoms with Crippen molar-refractivity contribution in [3.8, 4) is 0 Å². The Balaban J connectivity index is 2.35. The number of hydrogen-bond donors (Lipinski definition) is 1. The Hall–Kier alpha value is -0.910. The molecule has 1 aliphatic heterocycles. The molecule has 0 bridgehead atoms. The standard InChI is InChI=1S/C15H24N2O2S/c1-4-16-11-14-8-7-12(2)15(10-14)20(18,19)17-9-5-6-13(17)3/h7-8,10,13,16H,4-6,9,11H2,1-3H3. The summed E-state index contributed by atoms with van der Waals surface area (Å²) in [5.74, 6) is 0. The molecule has 1 N–H and O–H groups in total. The van der Waals surface area contributed by atoms with E-state index in [0.29, 0.717) is 18.0 Å². The maximum absolute atomic E-state index is 12.8. The highest BCUT2D eigenvalue weighted by atomic mass is 32.2. The molecule has 0 aromatic heterocycles. The second-order valence-corrected chi connectivity index (χ2v) is 7.35. The van der Waals surface area contributed by atoms with Gasteiger partial charge in [0.2, 0.25) is 10.0 Å². The lowest BCUT2D eigenvalue weighted by Crippen LogP contribution is -2.34. The molecular formula is C15H24N2O2S. The van der Waals surface area contributed by atoms with E-state index in [1.54, 1.807) is 4.31 Å². The summed E-state index contributed by atoms with van der Waals surface area (Å²) in [5.41, 5.74) is 1.84. The third-order valence-electron chi connectivity index (χ3n) is 3.91. The van der Waals surface area contributed by atoms with Crippen LogP contribution < -0.4 is 5.32 Å². The van der Waals surface area contributed by atoms with Gasteiger partial charge in [0.1, 0.15) is 0 Å². The van der Waals surface area contributed by atoms with E-state index in [1.807, 2.05) is 39.0 Å². The fourth-order valence-corrected chi connectivity index (χ4v) is 4.67. The van der Waals surface area contributed by atoms with Gasteiger partial charge >= 0.3 is 0 Å². The molecule has 0 saturated carbocycles. The molecule has 1 atom stereocenters. The van der Waals surface area contributed by atoms with Crippen LogP contribution in [0.25, 0.3) is 0 Å². The van der Waals surface area contributed by atoms with Gasteiger partial charge in [-0.25, -0.2) is 8.42 Å². The first-order valence-corrected chi connectivity index (χ1v) is 8.73. The molecule has 1 aliphatic rings. The van der Waals surface area contributed by atoms with E-state index in [1.165, 1.54) is 0 Å². The van der Waals surface area contributed by atoms with Crippen molar-refractivity contribution in [2.75, 3.05) is 13.1 Å². The van der Waals surface area contributed by atoms with Crippen LogP contribution in [0.3, 0.4) is 0 Å². The first kappa shape index (κ1) is 15.5. The van der Waals surface area contributed by atoms with Gasteiger partial charge in [0.15, 0.2) is 0 Å². The molecule has 0 amide bonds. The molecule has 20 heavy (non-hydrogen) atoms. The van der Waals surface area contributed by atoms with E-state index in [2.05, 4.69) is 5.32 Å². The summed E-state index contributed by atoms with van der Waals surface area (Å²) < 4.78 is 27.2. The molecule has 1 aromatic rings. The predicted octanol–water partition coefficient (Wildman–Crippen LogP) is 2.28. The van der Waals surface area contributed by atoms with Crippen LogP contribution in [0.1, 0.15) is 37.8 Å². The number of hydrogen-bond acceptors (Lipinski definition) is 3. The molecule has 0 aliphatic carbocycles. The summed E-state index contributed by atoms with van der Waals surface area (Å²) in [6.07, 6.45) is 1.91. The van der Waals surface area contributed by atoms with Gasteiger partial charge in [-0.15, -0.1) is 0 Å². The van der Waals surface area contributed by atoms with Crippen LogP contribution >= 0.6 is 0 Å². The maximum Gasteiger partial charge on any atom is 0.243 e. The second kappa shape index (κ2) is 6.24. The fraction of sp³-hybridized carbons (Fsp3) is 0.600. The normalized spacial score (nSPS) is 20.4. The van der Waals surface area contributed by atoms with Gasteiger partial charge in [-0.05, 0) is 50.4 Å². The van der Waals surface area contributed by atoms with Gasteiger partial charge in [-0.3, -0.25) is 0 Å². The summed E-state index contributed by atoms with van der Waals surface area (Å²) in [5, 5.41) is 3.23. The zero-order valence-corrected chi connectivity index (χ0v) is 13.3. The molecule has 5 heteroatoms. The van der Waals surface area contributed by atoms with Gasteiger partial charge in [0, 0.05) is 19.1 Å². The average molecular weight is 296 g/mol. The first-order valence-electron chi connectivity index (χ1n) is 7.29.